The summed E-state index contributed by atoms with van der Waals surface area (Å²) in [6.07, 6.45) is 2.17. The van der Waals surface area contributed by atoms with Crippen molar-refractivity contribution in [3.8, 4) is 0 Å². The molecule has 1 aromatic carbocycles. The fourth-order valence-corrected chi connectivity index (χ4v) is 4.73. The van der Waals surface area contributed by atoms with E-state index in [9.17, 15) is 4.79 Å². The van der Waals surface area contributed by atoms with Gasteiger partial charge in [-0.1, -0.05) is 0 Å². The van der Waals surface area contributed by atoms with E-state index in [2.05, 4.69) is 38.1 Å². The zero-order valence-electron chi connectivity index (χ0n) is 9.77. The monoisotopic (exact) mass is 336 g/mol. The second-order valence-electron chi connectivity index (χ2n) is 3.98. The van der Waals surface area contributed by atoms with Crippen LogP contribution in [-0.2, 0) is 4.79 Å². The maximum absolute atomic E-state index is 10.4. The molecule has 2 nitrogen and oxygen atoms in total. The van der Waals surface area contributed by atoms with Crippen LogP contribution in [0.5, 0.6) is 0 Å². The van der Waals surface area contributed by atoms with Gasteiger partial charge in [0.2, 0.25) is 0 Å². The van der Waals surface area contributed by atoms with Crippen molar-refractivity contribution in [1.82, 2.24) is 0 Å². The second-order valence-corrected chi connectivity index (χ2v) is 8.20. The van der Waals surface area contributed by atoms with Crippen molar-refractivity contribution in [2.45, 2.75) is 37.1 Å². The molecule has 1 unspecified atom stereocenters. The van der Waals surface area contributed by atoms with E-state index in [4.69, 9.17) is 5.11 Å². The van der Waals surface area contributed by atoms with Gasteiger partial charge in [0.15, 0.2) is 0 Å². The average Bonchev–Trinajstić information content (AvgIpc) is 2.21. The summed E-state index contributed by atoms with van der Waals surface area (Å²) >= 11 is -0.170. The average molecular weight is 334 g/mol. The number of carbonyl (C=O) groups is 1. The minimum absolute atomic E-state index is 0.170. The molecule has 0 heterocycles. The Bertz CT molecular complexity index is 350. The van der Waals surface area contributed by atoms with Gasteiger partial charge in [0.1, 0.15) is 0 Å². The standard InChI is InChI=1S/C13H18O2Te/c1-10-6-3-4-8-12(10)16-11(2)7-5-9-13(14)15/h3-4,6,8,11H,5,7,9H2,1-2H3,(H,14,15). The predicted molar refractivity (Wildman–Crippen MR) is 67.5 cm³/mol. The quantitative estimate of drug-likeness (QED) is 0.812. The number of aliphatic carboxylic acids is 1. The van der Waals surface area contributed by atoms with Crippen molar-refractivity contribution in [1.29, 1.82) is 0 Å². The van der Waals surface area contributed by atoms with Crippen molar-refractivity contribution >= 4 is 30.5 Å². The molecular formula is C13H18O2Te. The third-order valence-electron chi connectivity index (χ3n) is 2.42. The first-order chi connectivity index (χ1) is 7.59. The van der Waals surface area contributed by atoms with Gasteiger partial charge in [-0.25, -0.2) is 0 Å². The molecule has 0 aliphatic heterocycles. The van der Waals surface area contributed by atoms with Gasteiger partial charge in [0, 0.05) is 0 Å². The van der Waals surface area contributed by atoms with Crippen LogP contribution in [0.3, 0.4) is 0 Å². The number of rotatable bonds is 6. The third kappa shape index (κ3) is 5.01. The second kappa shape index (κ2) is 6.93. The number of hydrogen-bond donors (Lipinski definition) is 1. The van der Waals surface area contributed by atoms with E-state index in [0.29, 0.717) is 10.4 Å². The van der Waals surface area contributed by atoms with Crippen LogP contribution in [0.4, 0.5) is 0 Å². The van der Waals surface area contributed by atoms with Crippen molar-refractivity contribution in [2.24, 2.45) is 0 Å². The first-order valence-electron chi connectivity index (χ1n) is 5.53. The van der Waals surface area contributed by atoms with Gasteiger partial charge in [0.05, 0.1) is 0 Å². The molecule has 0 aliphatic carbocycles. The Kier molecular flexibility index (Phi) is 5.87. The van der Waals surface area contributed by atoms with E-state index in [1.807, 2.05) is 0 Å². The normalized spacial score (nSPS) is 12.4. The first-order valence-corrected chi connectivity index (χ1v) is 8.04. The summed E-state index contributed by atoms with van der Waals surface area (Å²) in [5.74, 6) is -0.677. The summed E-state index contributed by atoms with van der Waals surface area (Å²) in [5, 5.41) is 8.57. The van der Waals surface area contributed by atoms with Crippen LogP contribution >= 0.6 is 0 Å². The van der Waals surface area contributed by atoms with Gasteiger partial charge in [-0.15, -0.1) is 0 Å². The van der Waals surface area contributed by atoms with Crippen LogP contribution in [0.2, 0.25) is 3.97 Å². The summed E-state index contributed by atoms with van der Waals surface area (Å²) in [5.41, 5.74) is 1.38. The molecule has 1 atom stereocenters. The van der Waals surface area contributed by atoms with E-state index in [1.165, 1.54) is 9.17 Å². The molecule has 0 spiro atoms. The molecule has 1 N–H and O–H groups in total. The molecule has 0 saturated carbocycles. The van der Waals surface area contributed by atoms with Gasteiger partial charge in [0.25, 0.3) is 0 Å². The molecule has 1 rings (SSSR count). The predicted octanol–water partition coefficient (Wildman–Crippen LogP) is 2.39. The Hall–Kier alpha value is -0.520. The fraction of sp³-hybridized carbons (Fsp3) is 0.462. The number of carboxylic acid groups (broad SMARTS) is 1. The summed E-state index contributed by atoms with van der Waals surface area (Å²) in [6.45, 7) is 4.40. The number of benzene rings is 1. The van der Waals surface area contributed by atoms with E-state index >= 15 is 0 Å². The van der Waals surface area contributed by atoms with Gasteiger partial charge >= 0.3 is 107 Å². The Labute approximate surface area is 107 Å². The Morgan fingerprint density at radius 2 is 2.12 bits per heavy atom. The molecule has 0 aromatic heterocycles. The summed E-state index contributed by atoms with van der Waals surface area (Å²) in [4.78, 5) is 10.4. The molecule has 0 saturated heterocycles. The molecule has 88 valence electrons. The van der Waals surface area contributed by atoms with Gasteiger partial charge in [-0.2, -0.15) is 0 Å². The molecule has 0 aliphatic rings. The molecular weight excluding hydrogens is 316 g/mol. The van der Waals surface area contributed by atoms with Crippen LogP contribution in [0.25, 0.3) is 0 Å². The van der Waals surface area contributed by atoms with Crippen LogP contribution in [-0.4, -0.2) is 32.0 Å². The van der Waals surface area contributed by atoms with Crippen molar-refractivity contribution in [3.05, 3.63) is 29.8 Å². The molecule has 3 heteroatoms. The summed E-state index contributed by atoms with van der Waals surface area (Å²) < 4.78 is 2.20. The zero-order valence-corrected chi connectivity index (χ0v) is 12.1. The summed E-state index contributed by atoms with van der Waals surface area (Å²) in [7, 11) is 0. The topological polar surface area (TPSA) is 37.3 Å². The number of carboxylic acids is 1. The van der Waals surface area contributed by atoms with Crippen LogP contribution < -0.4 is 3.61 Å². The van der Waals surface area contributed by atoms with Crippen LogP contribution in [0.1, 0.15) is 31.7 Å². The maximum atomic E-state index is 10.4. The molecule has 0 fully saturated rings. The molecule has 0 bridgehead atoms. The Morgan fingerprint density at radius 1 is 1.44 bits per heavy atom. The molecule has 0 amide bonds. The molecule has 16 heavy (non-hydrogen) atoms. The molecule has 1 aromatic rings. The van der Waals surface area contributed by atoms with Gasteiger partial charge in [-0.3, -0.25) is 0 Å². The molecule has 0 radical (unpaired) electrons. The van der Waals surface area contributed by atoms with E-state index in [1.54, 1.807) is 0 Å². The number of hydrogen-bond acceptors (Lipinski definition) is 1. The van der Waals surface area contributed by atoms with Gasteiger partial charge in [-0.05, 0) is 0 Å². The summed E-state index contributed by atoms with van der Waals surface area (Å²) in [6, 6.07) is 8.54. The van der Waals surface area contributed by atoms with Crippen molar-refractivity contribution in [2.75, 3.05) is 0 Å². The SMILES string of the molecule is Cc1ccccc1[Te]C(C)CCCC(=O)O. The van der Waals surface area contributed by atoms with E-state index < -0.39 is 5.97 Å². The Balaban J connectivity index is 2.37. The van der Waals surface area contributed by atoms with Crippen molar-refractivity contribution < 1.29 is 9.90 Å². The Morgan fingerprint density at radius 3 is 2.75 bits per heavy atom. The van der Waals surface area contributed by atoms with Crippen LogP contribution in [0, 0.1) is 6.92 Å². The van der Waals surface area contributed by atoms with Crippen LogP contribution in [0.15, 0.2) is 24.3 Å². The number of aryl methyl sites for hydroxylation is 1. The first kappa shape index (κ1) is 13.5. The van der Waals surface area contributed by atoms with Gasteiger partial charge < -0.3 is 0 Å². The van der Waals surface area contributed by atoms with E-state index in [0.717, 1.165) is 12.8 Å². The fourth-order valence-electron chi connectivity index (χ4n) is 1.51. The van der Waals surface area contributed by atoms with Crippen molar-refractivity contribution in [3.63, 3.8) is 0 Å². The third-order valence-corrected chi connectivity index (χ3v) is 6.28. The zero-order chi connectivity index (χ0) is 12.0. The minimum atomic E-state index is -0.677. The van der Waals surface area contributed by atoms with E-state index in [-0.39, 0.29) is 20.9 Å².